The topological polar surface area (TPSA) is 78.7 Å². The highest BCUT2D eigenvalue weighted by Gasteiger charge is 2.11. The summed E-state index contributed by atoms with van der Waals surface area (Å²) in [6.45, 7) is 0. The zero-order valence-corrected chi connectivity index (χ0v) is 10.9. The van der Waals surface area contributed by atoms with Crippen LogP contribution in [0, 0.1) is 10.1 Å². The second-order valence-electron chi connectivity index (χ2n) is 3.30. The van der Waals surface area contributed by atoms with E-state index in [4.69, 9.17) is 4.74 Å². The summed E-state index contributed by atoms with van der Waals surface area (Å²) >= 11 is 1.34. The number of rotatable bonds is 6. The van der Waals surface area contributed by atoms with Crippen LogP contribution in [0.2, 0.25) is 0 Å². The van der Waals surface area contributed by atoms with Crippen LogP contribution in [0.25, 0.3) is 0 Å². The second kappa shape index (κ2) is 6.85. The molecule has 1 rings (SSSR count). The van der Waals surface area contributed by atoms with E-state index in [-0.39, 0.29) is 18.1 Å². The van der Waals surface area contributed by atoms with Crippen LogP contribution in [0.5, 0.6) is 5.75 Å². The first-order valence-corrected chi connectivity index (χ1v) is 6.08. The molecular weight excluding hydrogens is 258 g/mol. The highest BCUT2D eigenvalue weighted by molar-refractivity contribution is 7.99. The Hall–Kier alpha value is -1.76. The molecule has 7 heteroatoms. The molecule has 0 saturated carbocycles. The third-order valence-corrected chi connectivity index (χ3v) is 3.09. The Kier molecular flexibility index (Phi) is 5.44. The lowest BCUT2D eigenvalue weighted by molar-refractivity contribution is -0.385. The highest BCUT2D eigenvalue weighted by atomic mass is 32.2. The van der Waals surface area contributed by atoms with Crippen LogP contribution >= 0.6 is 11.8 Å². The van der Waals surface area contributed by atoms with E-state index in [1.54, 1.807) is 6.07 Å². The number of hydrogen-bond acceptors (Lipinski definition) is 6. The second-order valence-corrected chi connectivity index (χ2v) is 4.47. The maximum atomic E-state index is 10.9. The Bertz CT molecular complexity index is 449. The Balaban J connectivity index is 2.72. The maximum Gasteiger partial charge on any atom is 0.306 e. The van der Waals surface area contributed by atoms with Gasteiger partial charge >= 0.3 is 5.97 Å². The molecule has 0 saturated heterocycles. The number of benzene rings is 1. The summed E-state index contributed by atoms with van der Waals surface area (Å²) in [6, 6.07) is 4.49. The van der Waals surface area contributed by atoms with Crippen molar-refractivity contribution in [3.63, 3.8) is 0 Å². The van der Waals surface area contributed by atoms with Crippen molar-refractivity contribution in [3.05, 3.63) is 28.3 Å². The van der Waals surface area contributed by atoms with Crippen molar-refractivity contribution in [3.8, 4) is 5.75 Å². The van der Waals surface area contributed by atoms with Gasteiger partial charge in [0.05, 0.1) is 31.6 Å². The van der Waals surface area contributed by atoms with Crippen LogP contribution < -0.4 is 4.74 Å². The molecule has 0 aliphatic carbocycles. The van der Waals surface area contributed by atoms with Gasteiger partial charge in [-0.3, -0.25) is 14.9 Å². The van der Waals surface area contributed by atoms with Crippen molar-refractivity contribution < 1.29 is 19.2 Å². The summed E-state index contributed by atoms with van der Waals surface area (Å²) in [5.41, 5.74) is -0.0325. The number of hydrogen-bond donors (Lipinski definition) is 0. The van der Waals surface area contributed by atoms with Gasteiger partial charge in [0.1, 0.15) is 5.75 Å². The number of carbonyl (C=O) groups excluding carboxylic acids is 1. The van der Waals surface area contributed by atoms with E-state index in [0.29, 0.717) is 16.4 Å². The Morgan fingerprint density at radius 2 is 2.11 bits per heavy atom. The summed E-state index contributed by atoms with van der Waals surface area (Å²) in [4.78, 5) is 21.9. The largest absolute Gasteiger partial charge is 0.496 e. The van der Waals surface area contributed by atoms with Gasteiger partial charge in [0.25, 0.3) is 5.69 Å². The van der Waals surface area contributed by atoms with Gasteiger partial charge in [0, 0.05) is 16.7 Å². The van der Waals surface area contributed by atoms with Gasteiger partial charge in [-0.25, -0.2) is 0 Å². The van der Waals surface area contributed by atoms with Crippen molar-refractivity contribution in [1.82, 2.24) is 0 Å². The van der Waals surface area contributed by atoms with Crippen molar-refractivity contribution in [2.24, 2.45) is 0 Å². The molecule has 0 unspecified atom stereocenters. The predicted octanol–water partition coefficient (Wildman–Crippen LogP) is 2.26. The first-order valence-electron chi connectivity index (χ1n) is 5.10. The molecule has 1 aromatic rings. The summed E-state index contributed by atoms with van der Waals surface area (Å²) in [5.74, 6) is 0.612. The molecule has 0 aromatic heterocycles. The molecule has 98 valence electrons. The molecule has 1 aromatic carbocycles. The van der Waals surface area contributed by atoms with Gasteiger partial charge in [-0.1, -0.05) is 0 Å². The Labute approximate surface area is 108 Å². The van der Waals surface area contributed by atoms with Crippen LogP contribution in [-0.2, 0) is 9.53 Å². The van der Waals surface area contributed by atoms with Gasteiger partial charge in [-0.2, -0.15) is 0 Å². The van der Waals surface area contributed by atoms with Crippen LogP contribution in [0.3, 0.4) is 0 Å². The lowest BCUT2D eigenvalue weighted by Crippen LogP contribution is -2.01. The van der Waals surface area contributed by atoms with Crippen LogP contribution in [-0.4, -0.2) is 30.9 Å². The zero-order chi connectivity index (χ0) is 13.5. The number of thioether (sulfide) groups is 1. The molecule has 0 spiro atoms. The number of nitro groups is 1. The minimum Gasteiger partial charge on any atom is -0.496 e. The van der Waals surface area contributed by atoms with E-state index in [1.807, 2.05) is 0 Å². The highest BCUT2D eigenvalue weighted by Crippen LogP contribution is 2.29. The number of nitro benzene ring substituents is 1. The minimum absolute atomic E-state index is 0.0325. The summed E-state index contributed by atoms with van der Waals surface area (Å²) in [7, 11) is 2.77. The first kappa shape index (κ1) is 14.3. The third kappa shape index (κ3) is 4.25. The van der Waals surface area contributed by atoms with Gasteiger partial charge in [0.2, 0.25) is 0 Å². The molecule has 6 nitrogen and oxygen atoms in total. The molecule has 0 amide bonds. The van der Waals surface area contributed by atoms with Crippen LogP contribution in [0.1, 0.15) is 6.42 Å². The average Bonchev–Trinajstić information content (AvgIpc) is 2.37. The molecule has 18 heavy (non-hydrogen) atoms. The molecule has 0 heterocycles. The van der Waals surface area contributed by atoms with E-state index >= 15 is 0 Å². The molecule has 0 aliphatic heterocycles. The molecule has 0 aliphatic rings. The Morgan fingerprint density at radius 1 is 1.39 bits per heavy atom. The normalized spacial score (nSPS) is 9.89. The number of non-ortho nitro benzene ring substituents is 1. The Morgan fingerprint density at radius 3 is 2.67 bits per heavy atom. The van der Waals surface area contributed by atoms with E-state index in [2.05, 4.69) is 4.74 Å². The predicted molar refractivity (Wildman–Crippen MR) is 67.0 cm³/mol. The smallest absolute Gasteiger partial charge is 0.306 e. The van der Waals surface area contributed by atoms with Gasteiger partial charge < -0.3 is 9.47 Å². The quantitative estimate of drug-likeness (QED) is 0.342. The fourth-order valence-electron chi connectivity index (χ4n) is 1.22. The lowest BCUT2D eigenvalue weighted by atomic mass is 10.3. The summed E-state index contributed by atoms with van der Waals surface area (Å²) in [5, 5.41) is 10.7. The fourth-order valence-corrected chi connectivity index (χ4v) is 2.13. The lowest BCUT2D eigenvalue weighted by Gasteiger charge is -2.04. The first-order chi connectivity index (χ1) is 8.56. The number of ether oxygens (including phenoxy) is 2. The number of carbonyl (C=O) groups is 1. The number of nitrogens with zero attached hydrogens (tertiary/aromatic N) is 1. The van der Waals surface area contributed by atoms with Gasteiger partial charge in [0.15, 0.2) is 0 Å². The van der Waals surface area contributed by atoms with Crippen LogP contribution in [0.4, 0.5) is 5.69 Å². The molecule has 0 radical (unpaired) electrons. The SMILES string of the molecule is COC(=O)CCSc1cc(OC)cc([N+](=O)[O-])c1. The van der Waals surface area contributed by atoms with E-state index < -0.39 is 4.92 Å². The van der Waals surface area contributed by atoms with E-state index in [0.717, 1.165) is 0 Å². The maximum absolute atomic E-state index is 10.9. The van der Waals surface area contributed by atoms with Crippen molar-refractivity contribution >= 4 is 23.4 Å². The molecular formula is C11H13NO5S. The number of esters is 1. The van der Waals surface area contributed by atoms with Gasteiger partial charge in [-0.15, -0.1) is 11.8 Å². The standard InChI is InChI=1S/C11H13NO5S/c1-16-9-5-8(12(14)15)6-10(7-9)18-4-3-11(13)17-2/h5-7H,3-4H2,1-2H3. The van der Waals surface area contributed by atoms with E-state index in [1.165, 1.54) is 38.1 Å². The summed E-state index contributed by atoms with van der Waals surface area (Å²) < 4.78 is 9.49. The minimum atomic E-state index is -0.479. The molecule has 0 bridgehead atoms. The van der Waals surface area contributed by atoms with E-state index in [9.17, 15) is 14.9 Å². The van der Waals surface area contributed by atoms with Crippen molar-refractivity contribution in [1.29, 1.82) is 0 Å². The van der Waals surface area contributed by atoms with Crippen molar-refractivity contribution in [2.45, 2.75) is 11.3 Å². The zero-order valence-electron chi connectivity index (χ0n) is 10.0. The van der Waals surface area contributed by atoms with Crippen molar-refractivity contribution in [2.75, 3.05) is 20.0 Å². The molecule has 0 fully saturated rings. The third-order valence-electron chi connectivity index (χ3n) is 2.11. The molecule has 0 N–H and O–H groups in total. The van der Waals surface area contributed by atoms with Gasteiger partial charge in [-0.05, 0) is 6.07 Å². The average molecular weight is 271 g/mol. The molecule has 0 atom stereocenters. The summed E-state index contributed by atoms with van der Waals surface area (Å²) in [6.07, 6.45) is 0.256. The fraction of sp³-hybridized carbons (Fsp3) is 0.364. The monoisotopic (exact) mass is 271 g/mol. The van der Waals surface area contributed by atoms with Crippen LogP contribution in [0.15, 0.2) is 23.1 Å². The number of methoxy groups -OCH3 is 2.